The monoisotopic (exact) mass is 311 g/mol. The Kier molecular flexibility index (Phi) is 3.92. The summed E-state index contributed by atoms with van der Waals surface area (Å²) in [6.07, 6.45) is 2.06. The van der Waals surface area contributed by atoms with Gasteiger partial charge in [-0.15, -0.1) is 0 Å². The first-order chi connectivity index (χ1) is 8.51. The molecule has 0 aliphatic carbocycles. The van der Waals surface area contributed by atoms with Gasteiger partial charge in [0, 0.05) is 10.5 Å². The summed E-state index contributed by atoms with van der Waals surface area (Å²) in [6, 6.07) is 3.83. The minimum Gasteiger partial charge on any atom is -0.324 e. The lowest BCUT2D eigenvalue weighted by Crippen LogP contribution is -2.14. The molecule has 2 unspecified atom stereocenters. The largest absolute Gasteiger partial charge is 0.324 e. The highest BCUT2D eigenvalue weighted by molar-refractivity contribution is 9.10. The maximum Gasteiger partial charge on any atom is 0.323 e. The molecule has 0 bridgehead atoms. The molecular formula is C13H18BrN3O. The van der Waals surface area contributed by atoms with Gasteiger partial charge in [-0.3, -0.25) is 0 Å². The Morgan fingerprint density at radius 1 is 1.33 bits per heavy atom. The van der Waals surface area contributed by atoms with Gasteiger partial charge in [0.25, 0.3) is 0 Å². The number of aromatic nitrogens is 2. The van der Waals surface area contributed by atoms with Gasteiger partial charge in [0.15, 0.2) is 0 Å². The molecule has 1 aromatic carbocycles. The molecular weight excluding hydrogens is 294 g/mol. The zero-order valence-corrected chi connectivity index (χ0v) is 12.2. The summed E-state index contributed by atoms with van der Waals surface area (Å²) in [5.74, 6) is 0.591. The molecule has 0 saturated heterocycles. The first-order valence-electron chi connectivity index (χ1n) is 6.18. The zero-order chi connectivity index (χ0) is 13.3. The number of aromatic amines is 2. The maximum absolute atomic E-state index is 11.2. The van der Waals surface area contributed by atoms with Crippen LogP contribution >= 0.6 is 15.9 Å². The fraction of sp³-hybridized carbons (Fsp3) is 0.462. The van der Waals surface area contributed by atoms with Gasteiger partial charge in [0.1, 0.15) is 0 Å². The molecule has 0 spiro atoms. The van der Waals surface area contributed by atoms with Crippen molar-refractivity contribution in [1.82, 2.24) is 9.97 Å². The highest BCUT2D eigenvalue weighted by atomic mass is 79.9. The third-order valence-corrected chi connectivity index (χ3v) is 4.07. The maximum atomic E-state index is 11.2. The average molecular weight is 312 g/mol. The molecule has 0 amide bonds. The van der Waals surface area contributed by atoms with Gasteiger partial charge < -0.3 is 15.7 Å². The van der Waals surface area contributed by atoms with E-state index in [-0.39, 0.29) is 11.7 Å². The van der Waals surface area contributed by atoms with Crippen molar-refractivity contribution in [3.63, 3.8) is 0 Å². The summed E-state index contributed by atoms with van der Waals surface area (Å²) in [5.41, 5.74) is 8.69. The Morgan fingerprint density at radius 3 is 2.56 bits per heavy atom. The first-order valence-corrected chi connectivity index (χ1v) is 6.97. The van der Waals surface area contributed by atoms with Crippen molar-refractivity contribution in [1.29, 1.82) is 0 Å². The van der Waals surface area contributed by atoms with Crippen LogP contribution in [0.15, 0.2) is 21.4 Å². The smallest absolute Gasteiger partial charge is 0.323 e. The lowest BCUT2D eigenvalue weighted by Gasteiger charge is -2.17. The molecule has 1 aromatic heterocycles. The number of nitrogens with one attached hydrogen (secondary N) is 2. The summed E-state index contributed by atoms with van der Waals surface area (Å²) in [5, 5.41) is 0. The molecule has 0 aliphatic rings. The normalized spacial score (nSPS) is 14.9. The number of halogens is 1. The second-order valence-electron chi connectivity index (χ2n) is 4.85. The number of H-pyrrole nitrogens is 2. The second kappa shape index (κ2) is 5.28. The Labute approximate surface area is 114 Å². The molecule has 0 radical (unpaired) electrons. The third kappa shape index (κ3) is 2.67. The predicted octanol–water partition coefficient (Wildman–Crippen LogP) is 3.05. The van der Waals surface area contributed by atoms with E-state index in [0.717, 1.165) is 33.9 Å². The van der Waals surface area contributed by atoms with Gasteiger partial charge in [-0.05, 0) is 30.0 Å². The molecule has 2 rings (SSSR count). The number of hydrogen-bond donors (Lipinski definition) is 3. The van der Waals surface area contributed by atoms with Crippen LogP contribution in [0.25, 0.3) is 11.0 Å². The number of benzene rings is 1. The minimum atomic E-state index is -0.190. The highest BCUT2D eigenvalue weighted by Crippen LogP contribution is 2.29. The molecule has 4 N–H and O–H groups in total. The van der Waals surface area contributed by atoms with Crippen LogP contribution in [0.4, 0.5) is 0 Å². The van der Waals surface area contributed by atoms with E-state index in [1.807, 2.05) is 12.1 Å². The van der Waals surface area contributed by atoms with Crippen LogP contribution in [-0.2, 0) is 0 Å². The molecule has 1 heterocycles. The Hall–Kier alpha value is -1.07. The van der Waals surface area contributed by atoms with Gasteiger partial charge >= 0.3 is 5.69 Å². The summed E-state index contributed by atoms with van der Waals surface area (Å²) >= 11 is 3.52. The number of imidazole rings is 1. The van der Waals surface area contributed by atoms with E-state index < -0.39 is 0 Å². The first kappa shape index (κ1) is 13.4. The van der Waals surface area contributed by atoms with Crippen molar-refractivity contribution in [2.45, 2.75) is 32.7 Å². The summed E-state index contributed by atoms with van der Waals surface area (Å²) in [7, 11) is 0. The summed E-state index contributed by atoms with van der Waals surface area (Å²) in [6.45, 7) is 4.36. The van der Waals surface area contributed by atoms with Crippen LogP contribution in [0, 0.1) is 5.92 Å². The molecule has 0 fully saturated rings. The topological polar surface area (TPSA) is 74.7 Å². The van der Waals surface area contributed by atoms with E-state index in [9.17, 15) is 4.79 Å². The predicted molar refractivity (Wildman–Crippen MR) is 77.6 cm³/mol. The minimum absolute atomic E-state index is 0.0165. The SMILES string of the molecule is CCC(C)CC(N)c1cc2[nH]c(=O)[nH]c2cc1Br. The van der Waals surface area contributed by atoms with Gasteiger partial charge in [-0.25, -0.2) is 4.79 Å². The third-order valence-electron chi connectivity index (χ3n) is 3.39. The molecule has 0 saturated carbocycles. The van der Waals surface area contributed by atoms with Crippen LogP contribution in [-0.4, -0.2) is 9.97 Å². The second-order valence-corrected chi connectivity index (χ2v) is 5.71. The van der Waals surface area contributed by atoms with Crippen molar-refractivity contribution in [2.75, 3.05) is 0 Å². The quantitative estimate of drug-likeness (QED) is 0.811. The molecule has 5 heteroatoms. The van der Waals surface area contributed by atoms with Crippen molar-refractivity contribution in [2.24, 2.45) is 11.7 Å². The van der Waals surface area contributed by atoms with E-state index in [1.54, 1.807) is 0 Å². The van der Waals surface area contributed by atoms with Crippen LogP contribution < -0.4 is 11.4 Å². The van der Waals surface area contributed by atoms with E-state index in [2.05, 4.69) is 39.7 Å². The van der Waals surface area contributed by atoms with Crippen LogP contribution in [0.1, 0.15) is 38.3 Å². The molecule has 4 nitrogen and oxygen atoms in total. The highest BCUT2D eigenvalue weighted by Gasteiger charge is 2.14. The lowest BCUT2D eigenvalue weighted by molar-refractivity contribution is 0.461. The van der Waals surface area contributed by atoms with Crippen molar-refractivity contribution in [3.05, 3.63) is 32.7 Å². The fourth-order valence-electron chi connectivity index (χ4n) is 2.08. The average Bonchev–Trinajstić information content (AvgIpc) is 2.66. The van der Waals surface area contributed by atoms with E-state index in [4.69, 9.17) is 5.73 Å². The van der Waals surface area contributed by atoms with Crippen LogP contribution in [0.2, 0.25) is 0 Å². The summed E-state index contributed by atoms with van der Waals surface area (Å²) < 4.78 is 0.945. The molecule has 0 aliphatic heterocycles. The zero-order valence-electron chi connectivity index (χ0n) is 10.6. The lowest BCUT2D eigenvalue weighted by atomic mass is 9.95. The Balaban J connectivity index is 2.37. The van der Waals surface area contributed by atoms with Gasteiger partial charge in [-0.2, -0.15) is 0 Å². The van der Waals surface area contributed by atoms with E-state index in [0.29, 0.717) is 5.92 Å². The van der Waals surface area contributed by atoms with Gasteiger partial charge in [0.2, 0.25) is 0 Å². The molecule has 2 atom stereocenters. The number of fused-ring (bicyclic) bond motifs is 1. The number of nitrogens with two attached hydrogens (primary N) is 1. The number of hydrogen-bond acceptors (Lipinski definition) is 2. The molecule has 98 valence electrons. The van der Waals surface area contributed by atoms with Crippen molar-refractivity contribution in [3.8, 4) is 0 Å². The van der Waals surface area contributed by atoms with Gasteiger partial charge in [0.05, 0.1) is 11.0 Å². The van der Waals surface area contributed by atoms with Crippen LogP contribution in [0.5, 0.6) is 0 Å². The standard InChI is InChI=1S/C13H18BrN3O/c1-3-7(2)4-10(15)8-5-11-12(6-9(8)14)17-13(18)16-11/h5-7,10H,3-4,15H2,1-2H3,(H2,16,17,18). The van der Waals surface area contributed by atoms with Crippen LogP contribution in [0.3, 0.4) is 0 Å². The van der Waals surface area contributed by atoms with Gasteiger partial charge in [-0.1, -0.05) is 36.2 Å². The van der Waals surface area contributed by atoms with E-state index in [1.165, 1.54) is 0 Å². The Bertz CT molecular complexity index is 602. The van der Waals surface area contributed by atoms with E-state index >= 15 is 0 Å². The van der Waals surface area contributed by atoms with Crippen molar-refractivity contribution < 1.29 is 0 Å². The fourth-order valence-corrected chi connectivity index (χ4v) is 2.72. The van der Waals surface area contributed by atoms with Crippen molar-refractivity contribution >= 4 is 27.0 Å². The Morgan fingerprint density at radius 2 is 1.94 bits per heavy atom. The summed E-state index contributed by atoms with van der Waals surface area (Å²) in [4.78, 5) is 16.7. The number of rotatable bonds is 4. The molecule has 2 aromatic rings. The molecule has 18 heavy (non-hydrogen) atoms.